The summed E-state index contributed by atoms with van der Waals surface area (Å²) in [6, 6.07) is 14.4. The summed E-state index contributed by atoms with van der Waals surface area (Å²) < 4.78 is 11.4. The highest BCUT2D eigenvalue weighted by Crippen LogP contribution is 2.30. The lowest BCUT2D eigenvalue weighted by Gasteiger charge is -2.17. The average Bonchev–Trinajstić information content (AvgIpc) is 2.68. The van der Waals surface area contributed by atoms with E-state index in [9.17, 15) is 9.59 Å². The molecule has 4 heteroatoms. The van der Waals surface area contributed by atoms with E-state index >= 15 is 0 Å². The van der Waals surface area contributed by atoms with Gasteiger partial charge in [-0.25, -0.2) is 4.79 Å². The van der Waals surface area contributed by atoms with Gasteiger partial charge in [-0.15, -0.1) is 0 Å². The van der Waals surface area contributed by atoms with Crippen molar-refractivity contribution in [3.8, 4) is 5.75 Å². The molecule has 0 saturated carbocycles. The van der Waals surface area contributed by atoms with E-state index in [0.717, 1.165) is 35.8 Å². The normalized spacial score (nSPS) is 12.1. The van der Waals surface area contributed by atoms with Gasteiger partial charge in [0.05, 0.1) is 0 Å². The molecule has 4 nitrogen and oxygen atoms in total. The van der Waals surface area contributed by atoms with Crippen LogP contribution < -0.4 is 10.4 Å². The summed E-state index contributed by atoms with van der Waals surface area (Å²) in [5, 5.41) is 0.926. The van der Waals surface area contributed by atoms with Gasteiger partial charge in [-0.3, -0.25) is 4.79 Å². The smallest absolute Gasteiger partial charge is 0.336 e. The highest BCUT2D eigenvalue weighted by Gasteiger charge is 2.19. The van der Waals surface area contributed by atoms with E-state index in [1.165, 1.54) is 0 Å². The van der Waals surface area contributed by atoms with Crippen LogP contribution in [-0.4, -0.2) is 11.9 Å². The lowest BCUT2D eigenvalue weighted by Crippen LogP contribution is -2.24. The predicted octanol–water partition coefficient (Wildman–Crippen LogP) is 5.09. The lowest BCUT2D eigenvalue weighted by atomic mass is 10.0. The number of carbonyl (C=O) groups excluding carboxylic acids is 1. The summed E-state index contributed by atoms with van der Waals surface area (Å²) in [7, 11) is 0. The summed E-state index contributed by atoms with van der Waals surface area (Å²) >= 11 is 0. The van der Waals surface area contributed by atoms with Gasteiger partial charge in [-0.2, -0.15) is 0 Å². The molecule has 27 heavy (non-hydrogen) atoms. The van der Waals surface area contributed by atoms with E-state index in [4.69, 9.17) is 9.15 Å². The zero-order valence-corrected chi connectivity index (χ0v) is 16.0. The van der Waals surface area contributed by atoms with Crippen LogP contribution >= 0.6 is 0 Å². The molecule has 0 bridgehead atoms. The highest BCUT2D eigenvalue weighted by molar-refractivity contribution is 5.99. The number of carbonyl (C=O) groups is 1. The van der Waals surface area contributed by atoms with Crippen LogP contribution in [0.25, 0.3) is 11.0 Å². The molecule has 0 fully saturated rings. The number of ether oxygens (including phenoxy) is 1. The molecule has 0 aliphatic carbocycles. The largest absolute Gasteiger partial charge is 0.482 e. The van der Waals surface area contributed by atoms with Crippen molar-refractivity contribution in [1.29, 1.82) is 0 Å². The predicted molar refractivity (Wildman–Crippen MR) is 107 cm³/mol. The van der Waals surface area contributed by atoms with E-state index in [1.807, 2.05) is 37.3 Å². The van der Waals surface area contributed by atoms with Crippen LogP contribution in [-0.2, 0) is 6.42 Å². The maximum atomic E-state index is 12.6. The Morgan fingerprint density at radius 3 is 2.59 bits per heavy atom. The first kappa shape index (κ1) is 18.9. The summed E-state index contributed by atoms with van der Waals surface area (Å²) in [5.41, 5.74) is 2.51. The average molecular weight is 364 g/mol. The van der Waals surface area contributed by atoms with Gasteiger partial charge in [0.1, 0.15) is 11.3 Å². The molecular formula is C23H24O4. The van der Waals surface area contributed by atoms with Gasteiger partial charge < -0.3 is 9.15 Å². The summed E-state index contributed by atoms with van der Waals surface area (Å²) in [5.74, 6) is 0.461. The van der Waals surface area contributed by atoms with Crippen molar-refractivity contribution in [1.82, 2.24) is 0 Å². The molecule has 0 aliphatic rings. The molecule has 140 valence electrons. The zero-order chi connectivity index (χ0) is 19.4. The van der Waals surface area contributed by atoms with Crippen LogP contribution in [0, 0.1) is 6.92 Å². The molecule has 0 aliphatic heterocycles. The first-order valence-electron chi connectivity index (χ1n) is 9.33. The number of rotatable bonds is 7. The first-order valence-corrected chi connectivity index (χ1v) is 9.33. The fourth-order valence-electron chi connectivity index (χ4n) is 3.19. The molecule has 0 amide bonds. The molecule has 1 aromatic heterocycles. The Labute approximate surface area is 158 Å². The third kappa shape index (κ3) is 4.11. The third-order valence-corrected chi connectivity index (χ3v) is 4.73. The van der Waals surface area contributed by atoms with Crippen LogP contribution in [0.15, 0.2) is 57.7 Å². The third-order valence-electron chi connectivity index (χ3n) is 4.73. The molecule has 3 rings (SSSR count). The number of hydrogen-bond donors (Lipinski definition) is 0. The number of benzene rings is 2. The molecule has 3 aromatic rings. The van der Waals surface area contributed by atoms with Crippen LogP contribution in [0.4, 0.5) is 0 Å². The maximum Gasteiger partial charge on any atom is 0.336 e. The topological polar surface area (TPSA) is 56.5 Å². The van der Waals surface area contributed by atoms with Crippen molar-refractivity contribution >= 4 is 16.8 Å². The van der Waals surface area contributed by atoms with Gasteiger partial charge in [0.25, 0.3) is 0 Å². The van der Waals surface area contributed by atoms with Crippen molar-refractivity contribution in [2.24, 2.45) is 0 Å². The van der Waals surface area contributed by atoms with Crippen molar-refractivity contribution < 1.29 is 13.9 Å². The summed E-state index contributed by atoms with van der Waals surface area (Å²) in [6.45, 7) is 5.70. The lowest BCUT2D eigenvalue weighted by molar-refractivity contribution is 0.0817. The number of hydrogen-bond acceptors (Lipinski definition) is 4. The standard InChI is InChI=1S/C23H24O4/c1-4-5-9-18-14-21(24)27-23-15(2)20(13-12-19(18)23)26-16(3)22(25)17-10-7-6-8-11-17/h6-8,10-14,16H,4-5,9H2,1-3H3/t16-/m1/s1. The van der Waals surface area contributed by atoms with Gasteiger partial charge in [-0.1, -0.05) is 43.7 Å². The number of unbranched alkanes of at least 4 members (excludes halogenated alkanes) is 1. The van der Waals surface area contributed by atoms with Gasteiger partial charge in [0.2, 0.25) is 5.78 Å². The maximum absolute atomic E-state index is 12.6. The quantitative estimate of drug-likeness (QED) is 0.433. The molecule has 0 spiro atoms. The fourth-order valence-corrected chi connectivity index (χ4v) is 3.19. The molecule has 0 saturated heterocycles. The second-order valence-corrected chi connectivity index (χ2v) is 6.75. The highest BCUT2D eigenvalue weighted by atomic mass is 16.5. The second kappa shape index (κ2) is 8.21. The molecule has 0 radical (unpaired) electrons. The minimum atomic E-state index is -0.640. The molecule has 0 unspecified atom stereocenters. The van der Waals surface area contributed by atoms with Crippen LogP contribution in [0.5, 0.6) is 5.75 Å². The Bertz CT molecular complexity index is 1000. The minimum absolute atomic E-state index is 0.0896. The van der Waals surface area contributed by atoms with E-state index in [0.29, 0.717) is 16.9 Å². The zero-order valence-electron chi connectivity index (χ0n) is 16.0. The van der Waals surface area contributed by atoms with E-state index < -0.39 is 6.10 Å². The Hall–Kier alpha value is -2.88. The summed E-state index contributed by atoms with van der Waals surface area (Å²) in [6.07, 6.45) is 2.26. The number of ketones is 1. The molecule has 2 aromatic carbocycles. The van der Waals surface area contributed by atoms with Crippen LogP contribution in [0.3, 0.4) is 0 Å². The van der Waals surface area contributed by atoms with Crippen molar-refractivity contribution in [2.75, 3.05) is 0 Å². The number of aryl methyl sites for hydroxylation is 2. The number of fused-ring (bicyclic) bond motifs is 1. The van der Waals surface area contributed by atoms with Crippen molar-refractivity contribution in [3.05, 3.63) is 75.6 Å². The van der Waals surface area contributed by atoms with E-state index in [2.05, 4.69) is 6.92 Å². The molecule has 1 heterocycles. The van der Waals surface area contributed by atoms with E-state index in [1.54, 1.807) is 25.1 Å². The van der Waals surface area contributed by atoms with Crippen LogP contribution in [0.2, 0.25) is 0 Å². The van der Waals surface area contributed by atoms with E-state index in [-0.39, 0.29) is 11.4 Å². The molecule has 0 N–H and O–H groups in total. The monoisotopic (exact) mass is 364 g/mol. The first-order chi connectivity index (χ1) is 13.0. The van der Waals surface area contributed by atoms with Crippen molar-refractivity contribution in [3.63, 3.8) is 0 Å². The Balaban J connectivity index is 1.93. The molecular weight excluding hydrogens is 340 g/mol. The minimum Gasteiger partial charge on any atom is -0.482 e. The summed E-state index contributed by atoms with van der Waals surface area (Å²) in [4.78, 5) is 24.5. The SMILES string of the molecule is CCCCc1cc(=O)oc2c(C)c(O[C@H](C)C(=O)c3ccccc3)ccc12. The number of Topliss-reactive ketones (excluding diaryl/α,β-unsaturated/α-hetero) is 1. The van der Waals surface area contributed by atoms with Gasteiger partial charge in [0.15, 0.2) is 6.10 Å². The Morgan fingerprint density at radius 2 is 1.89 bits per heavy atom. The van der Waals surface area contributed by atoms with Crippen molar-refractivity contribution in [2.45, 2.75) is 46.1 Å². The van der Waals surface area contributed by atoms with Gasteiger partial charge >= 0.3 is 5.63 Å². The fraction of sp³-hybridized carbons (Fsp3) is 0.304. The Morgan fingerprint density at radius 1 is 1.15 bits per heavy atom. The van der Waals surface area contributed by atoms with Gasteiger partial charge in [-0.05, 0) is 44.4 Å². The Kier molecular flexibility index (Phi) is 5.75. The van der Waals surface area contributed by atoms with Crippen LogP contribution in [0.1, 0.15) is 48.2 Å². The molecule has 1 atom stereocenters. The van der Waals surface area contributed by atoms with Gasteiger partial charge in [0, 0.05) is 22.6 Å². The second-order valence-electron chi connectivity index (χ2n) is 6.75.